The Kier molecular flexibility index (Phi) is 3.58. The molecule has 23 heavy (non-hydrogen) atoms. The van der Waals surface area contributed by atoms with Crippen LogP contribution in [0.5, 0.6) is 0 Å². The summed E-state index contributed by atoms with van der Waals surface area (Å²) >= 11 is 0. The minimum absolute atomic E-state index is 0.171. The van der Waals surface area contributed by atoms with E-state index in [0.29, 0.717) is 17.9 Å². The summed E-state index contributed by atoms with van der Waals surface area (Å²) in [4.78, 5) is 2.41. The molecule has 1 aromatic carbocycles. The van der Waals surface area contributed by atoms with Crippen LogP contribution in [0.1, 0.15) is 30.9 Å². The highest BCUT2D eigenvalue weighted by atomic mass is 16.3. The smallest absolute Gasteiger partial charge is 0.0654 e. The van der Waals surface area contributed by atoms with Gasteiger partial charge in [-0.15, -0.1) is 0 Å². The molecular formula is C20H26N2O. The van der Waals surface area contributed by atoms with Gasteiger partial charge >= 0.3 is 0 Å². The quantitative estimate of drug-likeness (QED) is 0.882. The van der Waals surface area contributed by atoms with E-state index in [9.17, 15) is 5.11 Å². The lowest BCUT2D eigenvalue weighted by Gasteiger charge is -2.41. The van der Waals surface area contributed by atoms with Crippen molar-refractivity contribution in [3.63, 3.8) is 0 Å². The molecule has 1 aliphatic heterocycles. The molecule has 0 saturated heterocycles. The Bertz CT molecular complexity index is 771. The summed E-state index contributed by atoms with van der Waals surface area (Å²) in [5.41, 5.74) is 5.45. The van der Waals surface area contributed by atoms with Gasteiger partial charge in [0.05, 0.1) is 6.61 Å². The number of nitrogens with zero attached hydrogens (tertiary/aromatic N) is 2. The second-order valence-corrected chi connectivity index (χ2v) is 7.64. The molecule has 2 aromatic rings. The monoisotopic (exact) mass is 310 g/mol. The van der Waals surface area contributed by atoms with E-state index < -0.39 is 0 Å². The maximum absolute atomic E-state index is 9.59. The van der Waals surface area contributed by atoms with Crippen LogP contribution in [-0.4, -0.2) is 40.8 Å². The van der Waals surface area contributed by atoms with Crippen molar-refractivity contribution in [1.82, 2.24) is 9.47 Å². The van der Waals surface area contributed by atoms with Crippen molar-refractivity contribution in [2.45, 2.75) is 38.8 Å². The van der Waals surface area contributed by atoms with Gasteiger partial charge in [-0.3, -0.25) is 4.90 Å². The highest BCUT2D eigenvalue weighted by Crippen LogP contribution is 2.42. The number of rotatable bonds is 3. The van der Waals surface area contributed by atoms with Gasteiger partial charge in [0.25, 0.3) is 0 Å². The van der Waals surface area contributed by atoms with E-state index in [1.54, 1.807) is 0 Å². The van der Waals surface area contributed by atoms with Crippen molar-refractivity contribution in [1.29, 1.82) is 0 Å². The molecule has 0 amide bonds. The van der Waals surface area contributed by atoms with Gasteiger partial charge in [-0.05, 0) is 42.2 Å². The summed E-state index contributed by atoms with van der Waals surface area (Å²) in [6.07, 6.45) is 5.81. The van der Waals surface area contributed by atoms with E-state index in [-0.39, 0.29) is 6.61 Å². The second kappa shape index (κ2) is 5.50. The summed E-state index contributed by atoms with van der Waals surface area (Å²) < 4.78 is 2.44. The normalized spacial score (nSPS) is 24.1. The molecule has 1 aliphatic carbocycles. The van der Waals surface area contributed by atoms with E-state index in [0.717, 1.165) is 25.1 Å². The van der Waals surface area contributed by atoms with Crippen LogP contribution in [0.4, 0.5) is 0 Å². The minimum atomic E-state index is 0.171. The maximum atomic E-state index is 9.59. The van der Waals surface area contributed by atoms with Crippen LogP contribution in [0.2, 0.25) is 0 Å². The number of fused-ring (bicyclic) bond motifs is 2. The fraction of sp³-hybridized carbons (Fsp3) is 0.500. The van der Waals surface area contributed by atoms with Crippen molar-refractivity contribution in [2.75, 3.05) is 20.2 Å². The van der Waals surface area contributed by atoms with Gasteiger partial charge in [-0.2, -0.15) is 0 Å². The molecule has 2 atom stereocenters. The Labute approximate surface area is 138 Å². The van der Waals surface area contributed by atoms with Crippen molar-refractivity contribution in [2.24, 2.45) is 5.92 Å². The van der Waals surface area contributed by atoms with Gasteiger partial charge in [-0.25, -0.2) is 0 Å². The summed E-state index contributed by atoms with van der Waals surface area (Å²) in [5, 5.41) is 11.0. The van der Waals surface area contributed by atoms with E-state index in [4.69, 9.17) is 0 Å². The Morgan fingerprint density at radius 3 is 2.87 bits per heavy atom. The summed E-state index contributed by atoms with van der Waals surface area (Å²) in [7, 11) is 2.19. The van der Waals surface area contributed by atoms with Crippen molar-refractivity contribution in [3.8, 4) is 0 Å². The predicted molar refractivity (Wildman–Crippen MR) is 94.8 cm³/mol. The Morgan fingerprint density at radius 1 is 1.30 bits per heavy atom. The van der Waals surface area contributed by atoms with Crippen LogP contribution in [0.15, 0.2) is 36.0 Å². The third-order valence-corrected chi connectivity index (χ3v) is 5.42. The topological polar surface area (TPSA) is 28.4 Å². The first-order valence-electron chi connectivity index (χ1n) is 8.69. The fourth-order valence-electron chi connectivity index (χ4n) is 4.48. The second-order valence-electron chi connectivity index (χ2n) is 7.64. The fourth-order valence-corrected chi connectivity index (χ4v) is 4.48. The molecule has 0 saturated carbocycles. The van der Waals surface area contributed by atoms with Crippen LogP contribution in [0, 0.1) is 5.92 Å². The van der Waals surface area contributed by atoms with Crippen LogP contribution in [0.3, 0.4) is 0 Å². The average Bonchev–Trinajstić information content (AvgIpc) is 2.87. The zero-order valence-electron chi connectivity index (χ0n) is 14.3. The predicted octanol–water partition coefficient (Wildman–Crippen LogP) is 3.17. The standard InChI is InChI=1S/C20H26N2O/c1-13(2)9-22-11-15-8-19-17(7-14(12-23)10-21(19)3)16-5-4-6-18(22)20(15)16/h4-7,11,13,17,19,23H,8-10,12H2,1-3H3. The number of hydrogen-bond acceptors (Lipinski definition) is 2. The van der Waals surface area contributed by atoms with E-state index in [1.807, 2.05) is 0 Å². The van der Waals surface area contributed by atoms with Crippen LogP contribution >= 0.6 is 0 Å². The first-order chi connectivity index (χ1) is 11.1. The number of aliphatic hydroxyl groups is 1. The lowest BCUT2D eigenvalue weighted by molar-refractivity contribution is 0.208. The van der Waals surface area contributed by atoms with Gasteiger partial charge in [0.1, 0.15) is 0 Å². The minimum Gasteiger partial charge on any atom is -0.392 e. The summed E-state index contributed by atoms with van der Waals surface area (Å²) in [6.45, 7) is 6.68. The number of likely N-dealkylation sites (N-methyl/N-ethyl adjacent to an activating group) is 1. The van der Waals surface area contributed by atoms with Crippen LogP contribution in [-0.2, 0) is 13.0 Å². The zero-order valence-corrected chi connectivity index (χ0v) is 14.3. The number of benzene rings is 1. The third-order valence-electron chi connectivity index (χ3n) is 5.42. The van der Waals surface area contributed by atoms with Crippen LogP contribution < -0.4 is 0 Å². The molecular weight excluding hydrogens is 284 g/mol. The molecule has 2 heterocycles. The highest BCUT2D eigenvalue weighted by Gasteiger charge is 2.35. The Hall–Kier alpha value is -1.58. The molecule has 3 heteroatoms. The average molecular weight is 310 g/mol. The zero-order chi connectivity index (χ0) is 16.1. The molecule has 0 radical (unpaired) electrons. The summed E-state index contributed by atoms with van der Waals surface area (Å²) in [5.74, 6) is 1.05. The molecule has 0 fully saturated rings. The van der Waals surface area contributed by atoms with E-state index in [2.05, 4.69) is 60.8 Å². The van der Waals surface area contributed by atoms with Crippen molar-refractivity contribution >= 4 is 10.9 Å². The molecule has 1 aromatic heterocycles. The molecule has 122 valence electrons. The number of hydrogen-bond donors (Lipinski definition) is 1. The number of aromatic nitrogens is 1. The van der Waals surface area contributed by atoms with Gasteiger partial charge < -0.3 is 9.67 Å². The van der Waals surface area contributed by atoms with Gasteiger partial charge in [0, 0.05) is 42.1 Å². The van der Waals surface area contributed by atoms with Crippen molar-refractivity contribution in [3.05, 3.63) is 47.2 Å². The molecule has 3 nitrogen and oxygen atoms in total. The highest BCUT2D eigenvalue weighted by molar-refractivity contribution is 5.89. The first kappa shape index (κ1) is 15.0. The number of aliphatic hydroxyl groups excluding tert-OH is 1. The largest absolute Gasteiger partial charge is 0.392 e. The first-order valence-corrected chi connectivity index (χ1v) is 8.69. The van der Waals surface area contributed by atoms with Gasteiger partial charge in [0.15, 0.2) is 0 Å². The van der Waals surface area contributed by atoms with E-state index >= 15 is 0 Å². The van der Waals surface area contributed by atoms with Gasteiger partial charge in [-0.1, -0.05) is 32.1 Å². The molecule has 2 unspecified atom stereocenters. The van der Waals surface area contributed by atoms with Crippen LogP contribution in [0.25, 0.3) is 10.9 Å². The maximum Gasteiger partial charge on any atom is 0.0654 e. The Morgan fingerprint density at radius 2 is 2.13 bits per heavy atom. The third kappa shape index (κ3) is 2.34. The molecule has 0 spiro atoms. The molecule has 4 rings (SSSR count). The lowest BCUT2D eigenvalue weighted by Crippen LogP contribution is -2.44. The SMILES string of the molecule is CC(C)Cn1cc2c3c(cccc31)C1C=C(CO)CN(C)C1C2. The Balaban J connectivity index is 1.89. The molecule has 2 aliphatic rings. The van der Waals surface area contributed by atoms with Gasteiger partial charge in [0.2, 0.25) is 0 Å². The van der Waals surface area contributed by atoms with E-state index in [1.165, 1.54) is 22.0 Å². The summed E-state index contributed by atoms with van der Waals surface area (Å²) in [6, 6.07) is 7.25. The van der Waals surface area contributed by atoms with Crippen molar-refractivity contribution < 1.29 is 5.11 Å². The molecule has 1 N–H and O–H groups in total. The molecule has 0 bridgehead atoms. The lowest BCUT2D eigenvalue weighted by atomic mass is 9.77.